The van der Waals surface area contributed by atoms with Gasteiger partial charge in [0.2, 0.25) is 5.91 Å². The Hall–Kier alpha value is -1.01. The summed E-state index contributed by atoms with van der Waals surface area (Å²) in [5.41, 5.74) is 6.06. The number of hydrogen-bond donors (Lipinski definition) is 2. The summed E-state index contributed by atoms with van der Waals surface area (Å²) in [4.78, 5) is 28.3. The Balaban J connectivity index is 0.00000625. The molecular formula is C19H39ClN4O2. The number of piperidine rings is 1. The van der Waals surface area contributed by atoms with Crippen molar-refractivity contribution >= 4 is 24.3 Å². The molecule has 7 heteroatoms. The molecule has 0 aromatic rings. The van der Waals surface area contributed by atoms with Gasteiger partial charge < -0.3 is 20.9 Å². The first kappa shape index (κ1) is 25.0. The summed E-state index contributed by atoms with van der Waals surface area (Å²) in [5, 5.41) is 2.97. The molecule has 0 radical (unpaired) electrons. The molecule has 0 spiro atoms. The van der Waals surface area contributed by atoms with Gasteiger partial charge in [0.25, 0.3) is 0 Å². The van der Waals surface area contributed by atoms with Gasteiger partial charge in [0, 0.05) is 45.7 Å². The van der Waals surface area contributed by atoms with E-state index in [-0.39, 0.29) is 36.3 Å². The van der Waals surface area contributed by atoms with E-state index in [2.05, 4.69) is 33.0 Å². The van der Waals surface area contributed by atoms with Crippen LogP contribution in [0.3, 0.4) is 0 Å². The number of halogens is 1. The van der Waals surface area contributed by atoms with Crippen LogP contribution in [-0.2, 0) is 4.79 Å². The second-order valence-electron chi connectivity index (χ2n) is 8.25. The van der Waals surface area contributed by atoms with E-state index in [9.17, 15) is 9.59 Å². The van der Waals surface area contributed by atoms with Crippen LogP contribution in [0.4, 0.5) is 4.79 Å². The maximum atomic E-state index is 12.5. The molecule has 6 nitrogen and oxygen atoms in total. The average Bonchev–Trinajstić information content (AvgIpc) is 2.57. The minimum atomic E-state index is 0. The number of carbonyl (C=O) groups excluding carboxylic acids is 2. The summed E-state index contributed by atoms with van der Waals surface area (Å²) >= 11 is 0. The summed E-state index contributed by atoms with van der Waals surface area (Å²) in [6.07, 6.45) is 3.32. The highest BCUT2D eigenvalue weighted by molar-refractivity contribution is 5.85. The molecule has 1 rings (SSSR count). The van der Waals surface area contributed by atoms with Crippen molar-refractivity contribution in [2.45, 2.75) is 59.4 Å². The molecule has 2 unspecified atom stereocenters. The third-order valence-corrected chi connectivity index (χ3v) is 5.01. The number of nitrogens with one attached hydrogen (secondary N) is 1. The lowest BCUT2D eigenvalue weighted by Crippen LogP contribution is -2.47. The van der Waals surface area contributed by atoms with Crippen molar-refractivity contribution in [3.8, 4) is 0 Å². The second kappa shape index (κ2) is 12.4. The van der Waals surface area contributed by atoms with Gasteiger partial charge >= 0.3 is 6.03 Å². The first-order valence-corrected chi connectivity index (χ1v) is 9.73. The second-order valence-corrected chi connectivity index (χ2v) is 8.25. The van der Waals surface area contributed by atoms with Gasteiger partial charge in [0.05, 0.1) is 0 Å². The fourth-order valence-corrected chi connectivity index (χ4v) is 3.02. The number of carbonyl (C=O) groups is 2. The van der Waals surface area contributed by atoms with Crippen LogP contribution in [-0.4, -0.2) is 61.0 Å². The Labute approximate surface area is 165 Å². The van der Waals surface area contributed by atoms with Gasteiger partial charge in [-0.3, -0.25) is 4.79 Å². The molecule has 3 amide bonds. The number of nitrogens with zero attached hydrogens (tertiary/aromatic N) is 2. The van der Waals surface area contributed by atoms with Gasteiger partial charge in [-0.05, 0) is 37.0 Å². The molecule has 0 saturated carbocycles. The molecule has 26 heavy (non-hydrogen) atoms. The molecule has 0 bridgehead atoms. The quantitative estimate of drug-likeness (QED) is 0.668. The molecule has 1 fully saturated rings. The molecule has 1 heterocycles. The van der Waals surface area contributed by atoms with Crippen molar-refractivity contribution in [3.63, 3.8) is 0 Å². The summed E-state index contributed by atoms with van der Waals surface area (Å²) in [5.74, 6) is 1.29. The Bertz CT molecular complexity index is 432. The maximum Gasteiger partial charge on any atom is 0.317 e. The van der Waals surface area contributed by atoms with E-state index in [1.807, 2.05) is 11.9 Å². The standard InChI is InChI=1S/C19H38N4O2.ClH/c1-14(2)12-21-19(25)23-9-6-7-16(13-23)11-18(24)22(5)10-8-17(20)15(3)4;/h14-17H,6-13,20H2,1-5H3,(H,21,25);1H. The predicted molar refractivity (Wildman–Crippen MR) is 109 cm³/mol. The molecule has 3 N–H and O–H groups in total. The molecule has 1 aliphatic heterocycles. The monoisotopic (exact) mass is 390 g/mol. The van der Waals surface area contributed by atoms with Crippen molar-refractivity contribution in [1.29, 1.82) is 0 Å². The molecule has 154 valence electrons. The van der Waals surface area contributed by atoms with E-state index in [1.54, 1.807) is 4.90 Å². The van der Waals surface area contributed by atoms with Crippen LogP contribution in [0.2, 0.25) is 0 Å². The zero-order valence-corrected chi connectivity index (χ0v) is 18.0. The summed E-state index contributed by atoms with van der Waals surface area (Å²) in [6, 6.07) is 0.132. The summed E-state index contributed by atoms with van der Waals surface area (Å²) in [6.45, 7) is 11.2. The lowest BCUT2D eigenvalue weighted by atomic mass is 9.94. The fraction of sp³-hybridized carbons (Fsp3) is 0.895. The van der Waals surface area contributed by atoms with Crippen molar-refractivity contribution < 1.29 is 9.59 Å². The zero-order chi connectivity index (χ0) is 19.0. The molecular weight excluding hydrogens is 352 g/mol. The largest absolute Gasteiger partial charge is 0.346 e. The van der Waals surface area contributed by atoms with Crippen molar-refractivity contribution in [3.05, 3.63) is 0 Å². The molecule has 0 aliphatic carbocycles. The number of rotatable bonds is 8. The Kier molecular flexibility index (Phi) is 11.9. The first-order valence-electron chi connectivity index (χ1n) is 9.73. The van der Waals surface area contributed by atoms with Gasteiger partial charge in [-0.2, -0.15) is 0 Å². The van der Waals surface area contributed by atoms with Crippen molar-refractivity contribution in [2.75, 3.05) is 33.2 Å². The van der Waals surface area contributed by atoms with E-state index < -0.39 is 0 Å². The van der Waals surface area contributed by atoms with Gasteiger partial charge in [-0.1, -0.05) is 27.7 Å². The van der Waals surface area contributed by atoms with Gasteiger partial charge in [-0.15, -0.1) is 12.4 Å². The summed E-state index contributed by atoms with van der Waals surface area (Å²) in [7, 11) is 1.85. The highest BCUT2D eigenvalue weighted by Crippen LogP contribution is 2.20. The van der Waals surface area contributed by atoms with Crippen LogP contribution < -0.4 is 11.1 Å². The van der Waals surface area contributed by atoms with E-state index in [4.69, 9.17) is 5.73 Å². The molecule has 2 atom stereocenters. The maximum absolute atomic E-state index is 12.5. The SMILES string of the molecule is CC(C)CNC(=O)N1CCCC(CC(=O)N(C)CCC(N)C(C)C)C1.Cl. The first-order chi connectivity index (χ1) is 11.7. The Morgan fingerprint density at radius 1 is 1.27 bits per heavy atom. The number of urea groups is 1. The molecule has 1 aliphatic rings. The van der Waals surface area contributed by atoms with Crippen LogP contribution in [0.5, 0.6) is 0 Å². The van der Waals surface area contributed by atoms with Crippen molar-refractivity contribution in [2.24, 2.45) is 23.5 Å². The highest BCUT2D eigenvalue weighted by Gasteiger charge is 2.26. The van der Waals surface area contributed by atoms with Crippen LogP contribution in [0.25, 0.3) is 0 Å². The minimum absolute atomic E-state index is 0. The predicted octanol–water partition coefficient (Wildman–Crippen LogP) is 2.71. The van der Waals surface area contributed by atoms with Gasteiger partial charge in [-0.25, -0.2) is 4.79 Å². The van der Waals surface area contributed by atoms with E-state index >= 15 is 0 Å². The van der Waals surface area contributed by atoms with Crippen molar-refractivity contribution in [1.82, 2.24) is 15.1 Å². The lowest BCUT2D eigenvalue weighted by Gasteiger charge is -2.33. The third-order valence-electron chi connectivity index (χ3n) is 5.01. The summed E-state index contributed by atoms with van der Waals surface area (Å²) < 4.78 is 0. The molecule has 1 saturated heterocycles. The van der Waals surface area contributed by atoms with Crippen LogP contribution >= 0.6 is 12.4 Å². The molecule has 0 aromatic carbocycles. The van der Waals surface area contributed by atoms with Crippen LogP contribution in [0.1, 0.15) is 53.4 Å². The average molecular weight is 391 g/mol. The topological polar surface area (TPSA) is 78.7 Å². The normalized spacial score (nSPS) is 18.5. The molecule has 0 aromatic heterocycles. The Morgan fingerprint density at radius 2 is 1.92 bits per heavy atom. The number of hydrogen-bond acceptors (Lipinski definition) is 3. The van der Waals surface area contributed by atoms with E-state index in [1.165, 1.54) is 0 Å². The smallest absolute Gasteiger partial charge is 0.317 e. The van der Waals surface area contributed by atoms with Crippen LogP contribution in [0, 0.1) is 17.8 Å². The lowest BCUT2D eigenvalue weighted by molar-refractivity contribution is -0.131. The van der Waals surface area contributed by atoms with Gasteiger partial charge in [0.1, 0.15) is 0 Å². The fourth-order valence-electron chi connectivity index (χ4n) is 3.02. The number of likely N-dealkylation sites (tertiary alicyclic amines) is 1. The minimum Gasteiger partial charge on any atom is -0.346 e. The van der Waals surface area contributed by atoms with Gasteiger partial charge in [0.15, 0.2) is 0 Å². The number of amides is 3. The zero-order valence-electron chi connectivity index (χ0n) is 17.2. The van der Waals surface area contributed by atoms with E-state index in [0.717, 1.165) is 25.8 Å². The highest BCUT2D eigenvalue weighted by atomic mass is 35.5. The number of nitrogens with two attached hydrogens (primary N) is 1. The van der Waals surface area contributed by atoms with Crippen LogP contribution in [0.15, 0.2) is 0 Å². The van der Waals surface area contributed by atoms with E-state index in [0.29, 0.717) is 37.9 Å². The third kappa shape index (κ3) is 9.08. The Morgan fingerprint density at radius 3 is 2.50 bits per heavy atom.